The van der Waals surface area contributed by atoms with Crippen LogP contribution < -0.4 is 5.32 Å². The Morgan fingerprint density at radius 3 is 2.75 bits per heavy atom. The lowest BCUT2D eigenvalue weighted by atomic mass is 10.2. The first kappa shape index (κ1) is 12.4. The van der Waals surface area contributed by atoms with Gasteiger partial charge >= 0.3 is 5.97 Å². The zero-order chi connectivity index (χ0) is 12.0. The number of carboxylic acid groups (broad SMARTS) is 1. The Hall–Kier alpha value is -1.69. The standard InChI is InChI=1S/C10H15N3O3/c1-2-7(14)3-4-11-9-6-12-8(5-13-9)10(15)16/h5-7,14H,2-4H2,1H3,(H,11,13)(H,15,16). The zero-order valence-electron chi connectivity index (χ0n) is 9.05. The first-order valence-corrected chi connectivity index (χ1v) is 5.10. The van der Waals surface area contributed by atoms with Crippen molar-refractivity contribution in [2.24, 2.45) is 0 Å². The molecule has 88 valence electrons. The van der Waals surface area contributed by atoms with E-state index in [9.17, 15) is 9.90 Å². The van der Waals surface area contributed by atoms with E-state index < -0.39 is 5.97 Å². The smallest absolute Gasteiger partial charge is 0.356 e. The van der Waals surface area contributed by atoms with Crippen LogP contribution in [-0.2, 0) is 0 Å². The van der Waals surface area contributed by atoms with Gasteiger partial charge in [0.25, 0.3) is 0 Å². The molecule has 16 heavy (non-hydrogen) atoms. The average molecular weight is 225 g/mol. The van der Waals surface area contributed by atoms with Crippen LogP contribution in [0.4, 0.5) is 5.82 Å². The molecule has 1 unspecified atom stereocenters. The van der Waals surface area contributed by atoms with Gasteiger partial charge in [-0.15, -0.1) is 0 Å². The topological polar surface area (TPSA) is 95.3 Å². The molecular weight excluding hydrogens is 210 g/mol. The highest BCUT2D eigenvalue weighted by Crippen LogP contribution is 2.02. The molecule has 1 heterocycles. The molecule has 0 aliphatic heterocycles. The molecule has 0 saturated heterocycles. The predicted octanol–water partition coefficient (Wildman–Crippen LogP) is 0.748. The van der Waals surface area contributed by atoms with Crippen LogP contribution in [0.3, 0.4) is 0 Å². The highest BCUT2D eigenvalue weighted by molar-refractivity contribution is 5.84. The highest BCUT2D eigenvalue weighted by atomic mass is 16.4. The van der Waals surface area contributed by atoms with Gasteiger partial charge in [0, 0.05) is 6.54 Å². The summed E-state index contributed by atoms with van der Waals surface area (Å²) in [6.07, 6.45) is 3.58. The van der Waals surface area contributed by atoms with Gasteiger partial charge in [0.15, 0.2) is 5.69 Å². The second-order valence-electron chi connectivity index (χ2n) is 3.37. The second-order valence-corrected chi connectivity index (χ2v) is 3.37. The number of carbonyl (C=O) groups is 1. The molecule has 6 heteroatoms. The summed E-state index contributed by atoms with van der Waals surface area (Å²) in [7, 11) is 0. The van der Waals surface area contributed by atoms with Crippen LogP contribution in [0.1, 0.15) is 30.3 Å². The van der Waals surface area contributed by atoms with E-state index in [1.165, 1.54) is 12.4 Å². The van der Waals surface area contributed by atoms with Gasteiger partial charge in [-0.05, 0) is 12.8 Å². The molecule has 0 aromatic carbocycles. The fourth-order valence-corrected chi connectivity index (χ4v) is 1.10. The van der Waals surface area contributed by atoms with Crippen molar-refractivity contribution < 1.29 is 15.0 Å². The molecule has 0 spiro atoms. The van der Waals surface area contributed by atoms with Gasteiger partial charge < -0.3 is 15.5 Å². The number of carboxylic acids is 1. The number of aromatic nitrogens is 2. The summed E-state index contributed by atoms with van der Waals surface area (Å²) in [5.74, 6) is -0.589. The minimum absolute atomic E-state index is 0.0841. The molecule has 1 atom stereocenters. The Morgan fingerprint density at radius 1 is 1.50 bits per heavy atom. The summed E-state index contributed by atoms with van der Waals surface area (Å²) in [5, 5.41) is 20.8. The normalized spacial score (nSPS) is 12.1. The van der Waals surface area contributed by atoms with E-state index in [0.29, 0.717) is 25.2 Å². The van der Waals surface area contributed by atoms with E-state index in [2.05, 4.69) is 15.3 Å². The van der Waals surface area contributed by atoms with Crippen LogP contribution in [0.25, 0.3) is 0 Å². The summed E-state index contributed by atoms with van der Waals surface area (Å²) >= 11 is 0. The molecule has 3 N–H and O–H groups in total. The van der Waals surface area contributed by atoms with Crippen LogP contribution in [0.5, 0.6) is 0 Å². The Bertz CT molecular complexity index is 340. The maximum Gasteiger partial charge on any atom is 0.356 e. The Balaban J connectivity index is 2.40. The van der Waals surface area contributed by atoms with Crippen molar-refractivity contribution in [3.05, 3.63) is 18.1 Å². The van der Waals surface area contributed by atoms with E-state index in [4.69, 9.17) is 5.11 Å². The van der Waals surface area contributed by atoms with E-state index >= 15 is 0 Å². The van der Waals surface area contributed by atoms with Crippen molar-refractivity contribution in [3.8, 4) is 0 Å². The number of hydrogen-bond acceptors (Lipinski definition) is 5. The van der Waals surface area contributed by atoms with Gasteiger partial charge in [-0.3, -0.25) is 0 Å². The van der Waals surface area contributed by atoms with Crippen LogP contribution >= 0.6 is 0 Å². The number of anilines is 1. The quantitative estimate of drug-likeness (QED) is 0.661. The fourth-order valence-electron chi connectivity index (χ4n) is 1.10. The van der Waals surface area contributed by atoms with E-state index in [-0.39, 0.29) is 11.8 Å². The van der Waals surface area contributed by atoms with E-state index in [1.54, 1.807) is 0 Å². The number of nitrogens with one attached hydrogen (secondary N) is 1. The van der Waals surface area contributed by atoms with Gasteiger partial charge in [-0.25, -0.2) is 14.8 Å². The number of nitrogens with zero attached hydrogens (tertiary/aromatic N) is 2. The van der Waals surface area contributed by atoms with Crippen molar-refractivity contribution in [2.45, 2.75) is 25.9 Å². The van der Waals surface area contributed by atoms with Gasteiger partial charge in [0.2, 0.25) is 0 Å². The van der Waals surface area contributed by atoms with Crippen molar-refractivity contribution in [2.75, 3.05) is 11.9 Å². The highest BCUT2D eigenvalue weighted by Gasteiger charge is 2.05. The molecule has 0 fully saturated rings. The number of hydrogen-bond donors (Lipinski definition) is 3. The molecule has 0 bridgehead atoms. The van der Waals surface area contributed by atoms with E-state index in [1.807, 2.05) is 6.92 Å². The van der Waals surface area contributed by atoms with Crippen molar-refractivity contribution >= 4 is 11.8 Å². The predicted molar refractivity (Wildman–Crippen MR) is 58.4 cm³/mol. The fraction of sp³-hybridized carbons (Fsp3) is 0.500. The number of aliphatic hydroxyl groups is 1. The molecular formula is C10H15N3O3. The number of aromatic carboxylic acids is 1. The molecule has 1 aromatic heterocycles. The molecule has 0 radical (unpaired) electrons. The minimum atomic E-state index is -1.10. The largest absolute Gasteiger partial charge is 0.476 e. The third kappa shape index (κ3) is 3.82. The van der Waals surface area contributed by atoms with Crippen molar-refractivity contribution in [1.29, 1.82) is 0 Å². The van der Waals surface area contributed by atoms with Gasteiger partial charge in [0.1, 0.15) is 5.82 Å². The molecule has 1 rings (SSSR count). The van der Waals surface area contributed by atoms with Gasteiger partial charge in [0.05, 0.1) is 18.5 Å². The Kier molecular flexibility index (Phi) is 4.65. The molecule has 1 aromatic rings. The second kappa shape index (κ2) is 6.02. The van der Waals surface area contributed by atoms with Gasteiger partial charge in [-0.2, -0.15) is 0 Å². The first-order chi connectivity index (χ1) is 7.63. The maximum atomic E-state index is 10.5. The third-order valence-corrected chi connectivity index (χ3v) is 2.13. The van der Waals surface area contributed by atoms with Crippen LogP contribution in [-0.4, -0.2) is 38.8 Å². The monoisotopic (exact) mass is 225 g/mol. The van der Waals surface area contributed by atoms with E-state index in [0.717, 1.165) is 0 Å². The minimum Gasteiger partial charge on any atom is -0.476 e. The van der Waals surface area contributed by atoms with Crippen molar-refractivity contribution in [3.63, 3.8) is 0 Å². The summed E-state index contributed by atoms with van der Waals surface area (Å²) in [4.78, 5) is 18.1. The summed E-state index contributed by atoms with van der Waals surface area (Å²) in [6.45, 7) is 2.49. The molecule has 0 aliphatic rings. The zero-order valence-corrected chi connectivity index (χ0v) is 9.05. The summed E-state index contributed by atoms with van der Waals surface area (Å²) < 4.78 is 0. The summed E-state index contributed by atoms with van der Waals surface area (Å²) in [5.41, 5.74) is -0.0841. The lowest BCUT2D eigenvalue weighted by Crippen LogP contribution is -2.13. The molecule has 0 amide bonds. The van der Waals surface area contributed by atoms with Crippen molar-refractivity contribution in [1.82, 2.24) is 9.97 Å². The number of aliphatic hydroxyl groups excluding tert-OH is 1. The lowest BCUT2D eigenvalue weighted by Gasteiger charge is -2.08. The van der Waals surface area contributed by atoms with Crippen LogP contribution in [0.15, 0.2) is 12.4 Å². The van der Waals surface area contributed by atoms with Crippen LogP contribution in [0, 0.1) is 0 Å². The third-order valence-electron chi connectivity index (χ3n) is 2.13. The SMILES string of the molecule is CCC(O)CCNc1cnc(C(=O)O)cn1. The number of rotatable bonds is 6. The average Bonchev–Trinajstić information content (AvgIpc) is 2.29. The maximum absolute atomic E-state index is 10.5. The molecule has 0 aliphatic carbocycles. The van der Waals surface area contributed by atoms with Gasteiger partial charge in [-0.1, -0.05) is 6.92 Å². The first-order valence-electron chi connectivity index (χ1n) is 5.10. The summed E-state index contributed by atoms with van der Waals surface area (Å²) in [6, 6.07) is 0. The Labute approximate surface area is 93.4 Å². The lowest BCUT2D eigenvalue weighted by molar-refractivity contribution is 0.0690. The molecule has 0 saturated carbocycles. The molecule has 6 nitrogen and oxygen atoms in total. The van der Waals surface area contributed by atoms with Crippen LogP contribution in [0.2, 0.25) is 0 Å². The Morgan fingerprint density at radius 2 is 2.25 bits per heavy atom.